The molecular weight excluding hydrogens is 276 g/mol. The summed E-state index contributed by atoms with van der Waals surface area (Å²) >= 11 is 0. The van der Waals surface area contributed by atoms with Crippen molar-refractivity contribution in [1.82, 2.24) is 9.55 Å². The Morgan fingerprint density at radius 1 is 1.43 bits per heavy atom. The number of nitrogens with zero attached hydrogens (tertiary/aromatic N) is 2. The maximum atomic E-state index is 11.2. The van der Waals surface area contributed by atoms with Gasteiger partial charge in [0.05, 0.1) is 12.7 Å². The molecule has 0 aromatic carbocycles. The fraction of sp³-hybridized carbons (Fsp3) is 0.714. The molecule has 4 heterocycles. The molecule has 1 unspecified atom stereocenters. The molecule has 114 valence electrons. The van der Waals surface area contributed by atoms with Crippen molar-refractivity contribution in [3.8, 4) is 6.01 Å². The van der Waals surface area contributed by atoms with E-state index < -0.39 is 0 Å². The summed E-state index contributed by atoms with van der Waals surface area (Å²) in [6.45, 7) is 1.28. The Labute approximate surface area is 121 Å². The molecule has 0 N–H and O–H groups in total. The van der Waals surface area contributed by atoms with E-state index in [9.17, 15) is 4.79 Å². The molecule has 1 aromatic rings. The Morgan fingerprint density at radius 2 is 2.38 bits per heavy atom. The molecule has 0 radical (unpaired) electrons. The molecule has 7 heteroatoms. The van der Waals surface area contributed by atoms with Crippen molar-refractivity contribution >= 4 is 0 Å². The highest BCUT2D eigenvalue weighted by Crippen LogP contribution is 2.38. The van der Waals surface area contributed by atoms with Crippen LogP contribution in [0.5, 0.6) is 6.01 Å². The van der Waals surface area contributed by atoms with E-state index in [1.807, 2.05) is 0 Å². The Hall–Kier alpha value is -1.44. The number of aromatic nitrogens is 2. The summed E-state index contributed by atoms with van der Waals surface area (Å²) in [7, 11) is 0. The van der Waals surface area contributed by atoms with Crippen molar-refractivity contribution < 1.29 is 18.9 Å². The molecule has 0 saturated carbocycles. The van der Waals surface area contributed by atoms with Crippen LogP contribution in [-0.4, -0.2) is 41.3 Å². The van der Waals surface area contributed by atoms with Crippen LogP contribution in [0.3, 0.4) is 0 Å². The minimum atomic E-state index is -0.296. The van der Waals surface area contributed by atoms with Crippen molar-refractivity contribution in [3.63, 3.8) is 0 Å². The highest BCUT2D eigenvalue weighted by Gasteiger charge is 2.44. The van der Waals surface area contributed by atoms with Gasteiger partial charge in [-0.2, -0.15) is 4.98 Å². The molecule has 2 fully saturated rings. The van der Waals surface area contributed by atoms with Crippen LogP contribution in [0.25, 0.3) is 0 Å². The van der Waals surface area contributed by atoms with Crippen molar-refractivity contribution in [2.45, 2.75) is 50.4 Å². The van der Waals surface area contributed by atoms with Gasteiger partial charge < -0.3 is 18.9 Å². The molecule has 0 spiro atoms. The summed E-state index contributed by atoms with van der Waals surface area (Å²) in [5.74, 6) is 0. The molecule has 1 aromatic heterocycles. The zero-order valence-electron chi connectivity index (χ0n) is 11.6. The van der Waals surface area contributed by atoms with Gasteiger partial charge in [-0.3, -0.25) is 9.36 Å². The number of fused-ring (bicyclic) bond motifs is 3. The fourth-order valence-corrected chi connectivity index (χ4v) is 3.04. The molecule has 0 amide bonds. The number of rotatable bonds is 3. The first-order valence-corrected chi connectivity index (χ1v) is 7.44. The fourth-order valence-electron chi connectivity index (χ4n) is 3.04. The van der Waals surface area contributed by atoms with Gasteiger partial charge in [-0.15, -0.1) is 0 Å². The van der Waals surface area contributed by atoms with Gasteiger partial charge in [-0.25, -0.2) is 0 Å². The molecule has 3 aliphatic heterocycles. The van der Waals surface area contributed by atoms with Crippen molar-refractivity contribution in [1.29, 1.82) is 0 Å². The first kappa shape index (κ1) is 13.2. The average molecular weight is 294 g/mol. The van der Waals surface area contributed by atoms with E-state index in [0.29, 0.717) is 12.6 Å². The van der Waals surface area contributed by atoms with Crippen LogP contribution in [0, 0.1) is 0 Å². The zero-order chi connectivity index (χ0) is 14.2. The van der Waals surface area contributed by atoms with E-state index in [1.165, 1.54) is 6.07 Å². The van der Waals surface area contributed by atoms with Gasteiger partial charge in [0.2, 0.25) is 0 Å². The smallest absolute Gasteiger partial charge is 0.302 e. The second kappa shape index (κ2) is 5.40. The lowest BCUT2D eigenvalue weighted by molar-refractivity contribution is -0.180. The Morgan fingerprint density at radius 3 is 3.24 bits per heavy atom. The number of ether oxygens (including phenoxy) is 4. The van der Waals surface area contributed by atoms with Gasteiger partial charge in [0.15, 0.2) is 12.5 Å². The van der Waals surface area contributed by atoms with Crippen molar-refractivity contribution in [2.75, 3.05) is 13.2 Å². The first-order chi connectivity index (χ1) is 10.3. The summed E-state index contributed by atoms with van der Waals surface area (Å²) in [5.41, 5.74) is -0.296. The Balaban J connectivity index is 1.36. The third-order valence-electron chi connectivity index (χ3n) is 4.09. The van der Waals surface area contributed by atoms with E-state index in [4.69, 9.17) is 18.9 Å². The maximum absolute atomic E-state index is 11.2. The van der Waals surface area contributed by atoms with E-state index >= 15 is 0 Å². The van der Waals surface area contributed by atoms with Gasteiger partial charge in [-0.1, -0.05) is 0 Å². The molecule has 0 bridgehead atoms. The number of hydrogen-bond acceptors (Lipinski definition) is 6. The van der Waals surface area contributed by atoms with E-state index in [2.05, 4.69) is 4.98 Å². The van der Waals surface area contributed by atoms with Crippen LogP contribution in [0.4, 0.5) is 0 Å². The van der Waals surface area contributed by atoms with Gasteiger partial charge in [0, 0.05) is 25.3 Å². The van der Waals surface area contributed by atoms with E-state index in [0.717, 1.165) is 32.3 Å². The largest absolute Gasteiger partial charge is 0.456 e. The normalized spacial score (nSPS) is 34.3. The summed E-state index contributed by atoms with van der Waals surface area (Å²) in [5, 5.41) is 0. The number of hydrogen-bond donors (Lipinski definition) is 0. The topological polar surface area (TPSA) is 71.8 Å². The second-order valence-corrected chi connectivity index (χ2v) is 5.63. The summed E-state index contributed by atoms with van der Waals surface area (Å²) in [4.78, 5) is 15.0. The molecule has 2 saturated heterocycles. The predicted molar refractivity (Wildman–Crippen MR) is 71.0 cm³/mol. The van der Waals surface area contributed by atoms with Crippen molar-refractivity contribution in [2.24, 2.45) is 0 Å². The summed E-state index contributed by atoms with van der Waals surface area (Å²) in [6.07, 6.45) is 5.18. The molecule has 21 heavy (non-hydrogen) atoms. The Bertz CT molecular complexity index is 569. The van der Waals surface area contributed by atoms with E-state index in [1.54, 1.807) is 10.8 Å². The van der Waals surface area contributed by atoms with Crippen molar-refractivity contribution in [3.05, 3.63) is 22.6 Å². The van der Waals surface area contributed by atoms with Gasteiger partial charge in [-0.05, 0) is 19.3 Å². The summed E-state index contributed by atoms with van der Waals surface area (Å²) in [6, 6.07) is 1.76. The lowest BCUT2D eigenvalue weighted by atomic mass is 10.2. The second-order valence-electron chi connectivity index (χ2n) is 5.63. The van der Waals surface area contributed by atoms with Gasteiger partial charge >= 0.3 is 6.01 Å². The molecule has 4 rings (SSSR count). The highest BCUT2D eigenvalue weighted by molar-refractivity contribution is 5.08. The van der Waals surface area contributed by atoms with Crippen LogP contribution < -0.4 is 10.3 Å². The van der Waals surface area contributed by atoms with E-state index in [-0.39, 0.29) is 30.3 Å². The lowest BCUT2D eigenvalue weighted by Gasteiger charge is -2.24. The van der Waals surface area contributed by atoms with Crippen LogP contribution in [0.15, 0.2) is 17.1 Å². The molecular formula is C14H18N2O5. The lowest BCUT2D eigenvalue weighted by Crippen LogP contribution is -2.27. The standard InChI is InChI=1S/C14H18N2O5/c17-11-4-5-16-13-10(21-14(16)15-11)7-9(20-13)8-19-12-3-1-2-6-18-12/h4-5,9-10,12-13H,1-3,6-8H2/t9-,10-,12?,13+/m1/s1. The average Bonchev–Trinajstić information content (AvgIpc) is 3.02. The monoisotopic (exact) mass is 294 g/mol. The maximum Gasteiger partial charge on any atom is 0.302 e. The zero-order valence-corrected chi connectivity index (χ0v) is 11.6. The minimum Gasteiger partial charge on any atom is -0.456 e. The molecule has 4 atom stereocenters. The van der Waals surface area contributed by atoms with Crippen LogP contribution in [0.2, 0.25) is 0 Å². The highest BCUT2D eigenvalue weighted by atomic mass is 16.7. The van der Waals surface area contributed by atoms with Crippen LogP contribution >= 0.6 is 0 Å². The first-order valence-electron chi connectivity index (χ1n) is 7.44. The third kappa shape index (κ3) is 2.56. The van der Waals surface area contributed by atoms with Gasteiger partial charge in [0.25, 0.3) is 5.56 Å². The van der Waals surface area contributed by atoms with Crippen LogP contribution in [0.1, 0.15) is 31.9 Å². The molecule has 0 aliphatic carbocycles. The summed E-state index contributed by atoms with van der Waals surface area (Å²) < 4.78 is 24.7. The minimum absolute atomic E-state index is 0.0156. The Kier molecular flexibility index (Phi) is 3.40. The quantitative estimate of drug-likeness (QED) is 0.822. The SMILES string of the molecule is O=c1ccn2c(n1)O[C@@H]1C[C@H](COC3CCCCO3)O[C@@H]12. The molecule has 7 nitrogen and oxygen atoms in total. The van der Waals surface area contributed by atoms with Gasteiger partial charge in [0.1, 0.15) is 6.10 Å². The van der Waals surface area contributed by atoms with Crippen LogP contribution in [-0.2, 0) is 14.2 Å². The predicted octanol–water partition coefficient (Wildman–Crippen LogP) is 0.835. The third-order valence-corrected chi connectivity index (χ3v) is 4.09. The molecule has 3 aliphatic rings.